The van der Waals surface area contributed by atoms with E-state index >= 15 is 0 Å². The number of likely N-dealkylation sites (N-methyl/N-ethyl adjacent to an activating group) is 1. The molecular weight excluding hydrogens is 472 g/mol. The number of benzene rings is 2. The Morgan fingerprint density at radius 2 is 1.32 bits per heavy atom. The van der Waals surface area contributed by atoms with Crippen LogP contribution in [0.3, 0.4) is 0 Å². The first-order valence-corrected chi connectivity index (χ1v) is 9.59. The second-order valence-electron chi connectivity index (χ2n) is 7.44. The van der Waals surface area contributed by atoms with Gasteiger partial charge in [-0.3, -0.25) is 9.59 Å². The van der Waals surface area contributed by atoms with Gasteiger partial charge >= 0.3 is 12.4 Å². The van der Waals surface area contributed by atoms with E-state index in [2.05, 4.69) is 10.6 Å². The second-order valence-corrected chi connectivity index (χ2v) is 7.44. The molecule has 7 nitrogen and oxygen atoms in total. The van der Waals surface area contributed by atoms with Crippen molar-refractivity contribution in [2.75, 3.05) is 26.0 Å². The smallest absolute Gasteiger partial charge is 0.381 e. The van der Waals surface area contributed by atoms with Gasteiger partial charge in [0.15, 0.2) is 0 Å². The van der Waals surface area contributed by atoms with Crippen LogP contribution in [-0.4, -0.2) is 66.0 Å². The maximum Gasteiger partial charge on any atom is 0.430 e. The zero-order chi connectivity index (χ0) is 25.9. The third-order valence-electron chi connectivity index (χ3n) is 4.74. The highest BCUT2D eigenvalue weighted by Gasteiger charge is 2.71. The molecule has 2 rings (SSSR count). The van der Waals surface area contributed by atoms with Gasteiger partial charge in [-0.2, -0.15) is 26.3 Å². The van der Waals surface area contributed by atoms with Crippen molar-refractivity contribution in [2.24, 2.45) is 0 Å². The number of halogens is 6. The van der Waals surface area contributed by atoms with Gasteiger partial charge in [-0.05, 0) is 36.4 Å². The normalized spacial score (nSPS) is 13.2. The Kier molecular flexibility index (Phi) is 7.83. The van der Waals surface area contributed by atoms with Gasteiger partial charge in [0.1, 0.15) is 6.10 Å². The number of aliphatic hydroxyl groups is 2. The topological polar surface area (TPSA) is 102 Å². The zero-order valence-corrected chi connectivity index (χ0v) is 17.8. The Balaban J connectivity index is 2.07. The molecule has 0 aliphatic heterocycles. The molecule has 1 atom stereocenters. The van der Waals surface area contributed by atoms with E-state index in [9.17, 15) is 46.1 Å². The molecule has 0 bridgehead atoms. The van der Waals surface area contributed by atoms with E-state index in [1.165, 1.54) is 38.4 Å². The molecule has 34 heavy (non-hydrogen) atoms. The number of rotatable bonds is 7. The Hall–Kier alpha value is -3.32. The van der Waals surface area contributed by atoms with Crippen molar-refractivity contribution in [1.29, 1.82) is 0 Å². The molecule has 2 aromatic rings. The highest BCUT2D eigenvalue weighted by molar-refractivity contribution is 5.95. The molecule has 0 saturated carbocycles. The number of hydrogen-bond donors (Lipinski definition) is 4. The van der Waals surface area contributed by atoms with Gasteiger partial charge in [-0.15, -0.1) is 0 Å². The zero-order valence-electron chi connectivity index (χ0n) is 17.8. The van der Waals surface area contributed by atoms with Crippen molar-refractivity contribution in [3.05, 3.63) is 59.7 Å². The highest BCUT2D eigenvalue weighted by Crippen LogP contribution is 2.50. The summed E-state index contributed by atoms with van der Waals surface area (Å²) < 4.78 is 77.8. The van der Waals surface area contributed by atoms with Crippen LogP contribution in [0.15, 0.2) is 48.5 Å². The Labute approximate surface area is 190 Å². The van der Waals surface area contributed by atoms with Crippen molar-refractivity contribution in [3.8, 4) is 0 Å². The number of carbonyl (C=O) groups is 2. The number of alkyl halides is 6. The minimum absolute atomic E-state index is 0.123. The fraction of sp³-hybridized carbons (Fsp3) is 0.333. The largest absolute Gasteiger partial charge is 0.430 e. The van der Waals surface area contributed by atoms with Gasteiger partial charge in [-0.25, -0.2) is 0 Å². The Morgan fingerprint density at radius 3 is 1.74 bits per heavy atom. The van der Waals surface area contributed by atoms with Crippen LogP contribution in [0.4, 0.5) is 37.7 Å². The first-order chi connectivity index (χ1) is 15.6. The van der Waals surface area contributed by atoms with E-state index in [0.717, 1.165) is 17.0 Å². The molecule has 2 aromatic carbocycles. The van der Waals surface area contributed by atoms with Gasteiger partial charge in [0.25, 0.3) is 17.4 Å². The standard InChI is InChI=1S/C21H21F6N3O4/c1-30(2)18(33)16(31)11-28-17(32)12-3-7-14(8-4-12)29-15-9-5-13(6-10-15)19(34,20(22,23)24)21(25,26)27/h3-10,16,29,31,34H,11H2,1-2H3,(H,28,32)/t16-/m0/s1. The maximum absolute atomic E-state index is 13.0. The number of carbonyl (C=O) groups excluding carboxylic acids is 2. The van der Waals surface area contributed by atoms with E-state index in [4.69, 9.17) is 0 Å². The Bertz CT molecular complexity index is 991. The van der Waals surface area contributed by atoms with E-state index < -0.39 is 41.4 Å². The lowest BCUT2D eigenvalue weighted by atomic mass is 9.92. The minimum atomic E-state index is -5.98. The number of hydrogen-bond acceptors (Lipinski definition) is 5. The molecule has 0 aromatic heterocycles. The quantitative estimate of drug-likeness (QED) is 0.445. The lowest BCUT2D eigenvalue weighted by molar-refractivity contribution is -0.376. The third-order valence-corrected chi connectivity index (χ3v) is 4.74. The molecule has 0 heterocycles. The molecule has 0 spiro atoms. The predicted molar refractivity (Wildman–Crippen MR) is 109 cm³/mol. The molecule has 0 unspecified atom stereocenters. The Morgan fingerprint density at radius 1 is 0.882 bits per heavy atom. The SMILES string of the molecule is CN(C)C(=O)[C@@H](O)CNC(=O)c1ccc(Nc2ccc(C(O)(C(F)(F)F)C(F)(F)F)cc2)cc1. The molecule has 0 saturated heterocycles. The lowest BCUT2D eigenvalue weighted by Gasteiger charge is -2.32. The monoisotopic (exact) mass is 493 g/mol. The van der Waals surface area contributed by atoms with Gasteiger partial charge in [-0.1, -0.05) is 12.1 Å². The van der Waals surface area contributed by atoms with E-state index in [-0.39, 0.29) is 17.8 Å². The van der Waals surface area contributed by atoms with Crippen LogP contribution in [0.25, 0.3) is 0 Å². The van der Waals surface area contributed by atoms with Crippen LogP contribution in [0.5, 0.6) is 0 Å². The summed E-state index contributed by atoms with van der Waals surface area (Å²) in [6.07, 6.45) is -13.4. The molecule has 186 valence electrons. The summed E-state index contributed by atoms with van der Waals surface area (Å²) in [7, 11) is 2.89. The molecular formula is C21H21F6N3O4. The molecule has 2 amide bonds. The number of anilines is 2. The predicted octanol–water partition coefficient (Wildman–Crippen LogP) is 2.92. The van der Waals surface area contributed by atoms with Crippen LogP contribution in [-0.2, 0) is 10.4 Å². The van der Waals surface area contributed by atoms with Crippen LogP contribution in [0.2, 0.25) is 0 Å². The average Bonchev–Trinajstić information content (AvgIpc) is 2.75. The highest BCUT2D eigenvalue weighted by atomic mass is 19.4. The molecule has 4 N–H and O–H groups in total. The van der Waals surface area contributed by atoms with Gasteiger partial charge in [0, 0.05) is 36.6 Å². The van der Waals surface area contributed by atoms with Crippen LogP contribution in [0.1, 0.15) is 15.9 Å². The van der Waals surface area contributed by atoms with E-state index in [0.29, 0.717) is 17.8 Å². The van der Waals surface area contributed by atoms with Gasteiger partial charge in [0.05, 0.1) is 6.54 Å². The number of aliphatic hydroxyl groups excluding tert-OH is 1. The van der Waals surface area contributed by atoms with Crippen molar-refractivity contribution in [2.45, 2.75) is 24.1 Å². The van der Waals surface area contributed by atoms with Crippen LogP contribution < -0.4 is 10.6 Å². The van der Waals surface area contributed by atoms with Crippen molar-refractivity contribution in [1.82, 2.24) is 10.2 Å². The maximum atomic E-state index is 13.0. The number of amides is 2. The molecule has 13 heteroatoms. The fourth-order valence-electron chi connectivity index (χ4n) is 2.83. The first kappa shape index (κ1) is 26.9. The molecule has 0 aliphatic rings. The van der Waals surface area contributed by atoms with Crippen molar-refractivity contribution < 1.29 is 46.1 Å². The molecule has 0 radical (unpaired) electrons. The number of nitrogens with one attached hydrogen (secondary N) is 2. The third kappa shape index (κ3) is 5.78. The van der Waals surface area contributed by atoms with Crippen LogP contribution in [0, 0.1) is 0 Å². The summed E-state index contributed by atoms with van der Waals surface area (Å²) in [5, 5.41) is 24.2. The van der Waals surface area contributed by atoms with E-state index in [1.54, 1.807) is 0 Å². The lowest BCUT2D eigenvalue weighted by Crippen LogP contribution is -2.53. The second kappa shape index (κ2) is 9.89. The van der Waals surface area contributed by atoms with Crippen molar-refractivity contribution in [3.63, 3.8) is 0 Å². The van der Waals surface area contributed by atoms with Gasteiger partial charge in [0.2, 0.25) is 0 Å². The summed E-state index contributed by atoms with van der Waals surface area (Å²) in [6, 6.07) is 8.47. The summed E-state index contributed by atoms with van der Waals surface area (Å²) in [6.45, 7) is -0.315. The summed E-state index contributed by atoms with van der Waals surface area (Å²) in [4.78, 5) is 24.9. The van der Waals surface area contributed by atoms with Crippen LogP contribution >= 0.6 is 0 Å². The van der Waals surface area contributed by atoms with Crippen molar-refractivity contribution >= 4 is 23.2 Å². The number of nitrogens with zero attached hydrogens (tertiary/aromatic N) is 1. The summed E-state index contributed by atoms with van der Waals surface area (Å²) in [5.74, 6) is -1.17. The fourth-order valence-corrected chi connectivity index (χ4v) is 2.83. The minimum Gasteiger partial charge on any atom is -0.381 e. The summed E-state index contributed by atoms with van der Waals surface area (Å²) >= 11 is 0. The average molecular weight is 493 g/mol. The summed E-state index contributed by atoms with van der Waals surface area (Å²) in [5.41, 5.74) is -5.75. The molecule has 0 aliphatic carbocycles. The van der Waals surface area contributed by atoms with E-state index in [1.807, 2.05) is 0 Å². The first-order valence-electron chi connectivity index (χ1n) is 9.59. The molecule has 0 fully saturated rings. The van der Waals surface area contributed by atoms with Gasteiger partial charge < -0.3 is 25.7 Å².